The van der Waals surface area contributed by atoms with Gasteiger partial charge in [0.05, 0.1) is 10.5 Å². The maximum Gasteiger partial charge on any atom is 0.335 e. The summed E-state index contributed by atoms with van der Waals surface area (Å²) in [6.07, 6.45) is 7.15. The number of carbonyl (C=O) groups is 1. The number of aromatic nitrogens is 2. The van der Waals surface area contributed by atoms with Crippen LogP contribution in [0.2, 0.25) is 0 Å². The lowest BCUT2D eigenvalue weighted by molar-refractivity contribution is -0.384. The second kappa shape index (κ2) is 8.14. The molecule has 0 bridgehead atoms. The number of carboxylic acids is 1. The van der Waals surface area contributed by atoms with Gasteiger partial charge < -0.3 is 5.11 Å². The molecule has 24 heavy (non-hydrogen) atoms. The van der Waals surface area contributed by atoms with Crippen molar-refractivity contribution in [2.75, 3.05) is 0 Å². The molecule has 1 N–H and O–H groups in total. The maximum atomic E-state index is 10.3. The summed E-state index contributed by atoms with van der Waals surface area (Å²) < 4.78 is 0. The zero-order valence-electron chi connectivity index (χ0n) is 12.4. The van der Waals surface area contributed by atoms with E-state index in [4.69, 9.17) is 5.11 Å². The van der Waals surface area contributed by atoms with Crippen LogP contribution in [0.5, 0.6) is 0 Å². The molecule has 0 aliphatic carbocycles. The van der Waals surface area contributed by atoms with Gasteiger partial charge >= 0.3 is 5.97 Å². The summed E-state index contributed by atoms with van der Waals surface area (Å²) in [4.78, 5) is 27.8. The smallest absolute Gasteiger partial charge is 0.335 e. The largest absolute Gasteiger partial charge is 0.478 e. The standard InChI is InChI=1S/C10H8N2.C7H5NO4/c1-5-11-6-2-9(1)10-3-7-12-8-4-10;9-7(10)5-1-3-6(4-2-5)8(11)12/h1-8H;1-4H,(H,9,10). The normalized spacial score (nSPS) is 9.50. The predicted octanol–water partition coefficient (Wildman–Crippen LogP) is 3.44. The van der Waals surface area contributed by atoms with E-state index in [-0.39, 0.29) is 11.3 Å². The van der Waals surface area contributed by atoms with Crippen LogP contribution in [0, 0.1) is 10.1 Å². The average Bonchev–Trinajstić information content (AvgIpc) is 2.64. The molecule has 2 aromatic heterocycles. The molecule has 120 valence electrons. The zero-order valence-corrected chi connectivity index (χ0v) is 12.4. The Kier molecular flexibility index (Phi) is 5.68. The van der Waals surface area contributed by atoms with Gasteiger partial charge in [-0.25, -0.2) is 4.79 Å². The van der Waals surface area contributed by atoms with Crippen LogP contribution in [0.25, 0.3) is 11.1 Å². The SMILES string of the molecule is O=C(O)c1ccc([N+](=O)[O-])cc1.c1cc(-c2ccncc2)ccn1. The van der Waals surface area contributed by atoms with Crippen LogP contribution in [0.4, 0.5) is 5.69 Å². The Balaban J connectivity index is 0.000000174. The highest BCUT2D eigenvalue weighted by Crippen LogP contribution is 2.15. The lowest BCUT2D eigenvalue weighted by Crippen LogP contribution is -1.96. The van der Waals surface area contributed by atoms with Gasteiger partial charge in [0.25, 0.3) is 5.69 Å². The first-order chi connectivity index (χ1) is 11.6. The third-order valence-electron chi connectivity index (χ3n) is 3.02. The minimum atomic E-state index is -1.09. The Morgan fingerprint density at radius 3 is 1.58 bits per heavy atom. The quantitative estimate of drug-likeness (QED) is 0.584. The number of carboxylic acid groups (broad SMARTS) is 1. The Bertz CT molecular complexity index is 736. The molecule has 7 heteroatoms. The highest BCUT2D eigenvalue weighted by Gasteiger charge is 2.06. The third kappa shape index (κ3) is 4.70. The van der Waals surface area contributed by atoms with Crippen molar-refractivity contribution < 1.29 is 14.8 Å². The van der Waals surface area contributed by atoms with E-state index in [1.54, 1.807) is 24.8 Å². The van der Waals surface area contributed by atoms with Crippen molar-refractivity contribution in [3.8, 4) is 11.1 Å². The summed E-state index contributed by atoms with van der Waals surface area (Å²) in [5.74, 6) is -1.09. The Morgan fingerprint density at radius 2 is 1.25 bits per heavy atom. The number of rotatable bonds is 3. The van der Waals surface area contributed by atoms with Crippen LogP contribution in [-0.2, 0) is 0 Å². The molecule has 7 nitrogen and oxygen atoms in total. The Labute approximate surface area is 137 Å². The summed E-state index contributed by atoms with van der Waals surface area (Å²) in [5, 5.41) is 18.6. The van der Waals surface area contributed by atoms with Gasteiger partial charge in [0.15, 0.2) is 0 Å². The fourth-order valence-electron chi connectivity index (χ4n) is 1.81. The Morgan fingerprint density at radius 1 is 0.833 bits per heavy atom. The zero-order chi connectivity index (χ0) is 17.4. The molecular weight excluding hydrogens is 310 g/mol. The maximum absolute atomic E-state index is 10.3. The molecule has 0 saturated carbocycles. The fourth-order valence-corrected chi connectivity index (χ4v) is 1.81. The molecule has 0 atom stereocenters. The third-order valence-corrected chi connectivity index (χ3v) is 3.02. The molecule has 0 spiro atoms. The highest BCUT2D eigenvalue weighted by molar-refractivity contribution is 5.87. The van der Waals surface area contributed by atoms with E-state index in [0.29, 0.717) is 0 Å². The molecule has 0 fully saturated rings. The van der Waals surface area contributed by atoms with Crippen LogP contribution < -0.4 is 0 Å². The van der Waals surface area contributed by atoms with Crippen molar-refractivity contribution in [2.24, 2.45) is 0 Å². The number of aromatic carboxylic acids is 1. The van der Waals surface area contributed by atoms with Gasteiger partial charge in [-0.15, -0.1) is 0 Å². The molecule has 2 heterocycles. The minimum Gasteiger partial charge on any atom is -0.478 e. The second-order valence-electron chi connectivity index (χ2n) is 4.58. The van der Waals surface area contributed by atoms with Crippen molar-refractivity contribution in [2.45, 2.75) is 0 Å². The lowest BCUT2D eigenvalue weighted by Gasteiger charge is -1.97. The van der Waals surface area contributed by atoms with Crippen molar-refractivity contribution in [3.05, 3.63) is 89.0 Å². The van der Waals surface area contributed by atoms with Crippen LogP contribution in [-0.4, -0.2) is 26.0 Å². The first kappa shape index (κ1) is 16.8. The minimum absolute atomic E-state index is 0.0422. The van der Waals surface area contributed by atoms with E-state index in [1.165, 1.54) is 23.3 Å². The van der Waals surface area contributed by atoms with Crippen molar-refractivity contribution >= 4 is 11.7 Å². The second-order valence-corrected chi connectivity index (χ2v) is 4.58. The van der Waals surface area contributed by atoms with E-state index >= 15 is 0 Å². The summed E-state index contributed by atoms with van der Waals surface area (Å²) in [6, 6.07) is 12.6. The molecule has 0 aliphatic heterocycles. The lowest BCUT2D eigenvalue weighted by atomic mass is 10.1. The fraction of sp³-hybridized carbons (Fsp3) is 0. The highest BCUT2D eigenvalue weighted by atomic mass is 16.6. The molecule has 0 radical (unpaired) electrons. The summed E-state index contributed by atoms with van der Waals surface area (Å²) in [5.41, 5.74) is 2.28. The van der Waals surface area contributed by atoms with Gasteiger partial charge in [-0.3, -0.25) is 20.1 Å². The van der Waals surface area contributed by atoms with Crippen LogP contribution in [0.1, 0.15) is 10.4 Å². The van der Waals surface area contributed by atoms with E-state index in [0.717, 1.165) is 12.1 Å². The van der Waals surface area contributed by atoms with E-state index in [9.17, 15) is 14.9 Å². The first-order valence-corrected chi connectivity index (χ1v) is 6.86. The molecule has 0 unspecified atom stereocenters. The van der Waals surface area contributed by atoms with Crippen molar-refractivity contribution in [3.63, 3.8) is 0 Å². The molecule has 3 rings (SSSR count). The molecular formula is C17H13N3O4. The number of nitro groups is 1. The number of nitro benzene ring substituents is 1. The number of pyridine rings is 2. The van der Waals surface area contributed by atoms with Crippen LogP contribution in [0.15, 0.2) is 73.3 Å². The molecule has 1 aromatic carbocycles. The first-order valence-electron chi connectivity index (χ1n) is 6.86. The molecule has 0 aliphatic rings. The van der Waals surface area contributed by atoms with Gasteiger partial charge in [0.1, 0.15) is 0 Å². The molecule has 0 amide bonds. The van der Waals surface area contributed by atoms with Gasteiger partial charge in [-0.2, -0.15) is 0 Å². The average molecular weight is 323 g/mol. The predicted molar refractivity (Wildman–Crippen MR) is 87.5 cm³/mol. The Hall–Kier alpha value is -3.61. The van der Waals surface area contributed by atoms with E-state index in [2.05, 4.69) is 9.97 Å². The van der Waals surface area contributed by atoms with E-state index < -0.39 is 10.9 Å². The van der Waals surface area contributed by atoms with Gasteiger partial charge in [-0.05, 0) is 47.5 Å². The van der Waals surface area contributed by atoms with Crippen molar-refractivity contribution in [1.29, 1.82) is 0 Å². The van der Waals surface area contributed by atoms with Crippen molar-refractivity contribution in [1.82, 2.24) is 9.97 Å². The number of nitrogens with zero attached hydrogens (tertiary/aromatic N) is 3. The van der Waals surface area contributed by atoms with Crippen LogP contribution in [0.3, 0.4) is 0 Å². The monoisotopic (exact) mass is 323 g/mol. The number of hydrogen-bond donors (Lipinski definition) is 1. The van der Waals surface area contributed by atoms with Crippen LogP contribution >= 0.6 is 0 Å². The molecule has 0 saturated heterocycles. The number of hydrogen-bond acceptors (Lipinski definition) is 5. The molecule has 3 aromatic rings. The topological polar surface area (TPSA) is 106 Å². The van der Waals surface area contributed by atoms with Gasteiger partial charge in [0.2, 0.25) is 0 Å². The number of benzene rings is 1. The van der Waals surface area contributed by atoms with E-state index in [1.807, 2.05) is 24.3 Å². The van der Waals surface area contributed by atoms with Gasteiger partial charge in [0, 0.05) is 36.9 Å². The summed E-state index contributed by atoms with van der Waals surface area (Å²) in [7, 11) is 0. The van der Waals surface area contributed by atoms with Gasteiger partial charge in [-0.1, -0.05) is 0 Å². The number of non-ortho nitro benzene ring substituents is 1. The summed E-state index contributed by atoms with van der Waals surface area (Å²) >= 11 is 0. The summed E-state index contributed by atoms with van der Waals surface area (Å²) in [6.45, 7) is 0.